The van der Waals surface area contributed by atoms with E-state index in [1.807, 2.05) is 30.0 Å². The van der Waals surface area contributed by atoms with E-state index in [-0.39, 0.29) is 30.9 Å². The van der Waals surface area contributed by atoms with Crippen LogP contribution in [0.4, 0.5) is 0 Å². The first-order valence-electron chi connectivity index (χ1n) is 10.1. The van der Waals surface area contributed by atoms with Crippen molar-refractivity contribution >= 4 is 24.3 Å². The molecule has 1 atom stereocenters. The number of carboxylic acid groups (broad SMARTS) is 1. The molecular weight excluding hydrogens is 378 g/mol. The molecule has 1 aromatic carbocycles. The smallest absolute Gasteiger partial charge is 0.317 e. The van der Waals surface area contributed by atoms with Gasteiger partial charge in [0.1, 0.15) is 0 Å². The number of rotatable bonds is 10. The van der Waals surface area contributed by atoms with Crippen LogP contribution in [0.3, 0.4) is 0 Å². The largest absolute Gasteiger partial charge is 0.480 e. The second-order valence-electron chi connectivity index (χ2n) is 7.28. The van der Waals surface area contributed by atoms with E-state index in [2.05, 4.69) is 29.3 Å². The fraction of sp³-hybridized carbons (Fsp3) is 0.619. The number of piperidine rings is 1. The van der Waals surface area contributed by atoms with Crippen LogP contribution >= 0.6 is 12.4 Å². The first-order valence-corrected chi connectivity index (χ1v) is 10.1. The predicted molar refractivity (Wildman–Crippen MR) is 114 cm³/mol. The molecule has 2 N–H and O–H groups in total. The lowest BCUT2D eigenvalue weighted by atomic mass is 10.0. The van der Waals surface area contributed by atoms with Gasteiger partial charge in [0.25, 0.3) is 0 Å². The molecule has 0 spiro atoms. The lowest BCUT2D eigenvalue weighted by Gasteiger charge is -2.37. The average Bonchev–Trinajstić information content (AvgIpc) is 2.67. The summed E-state index contributed by atoms with van der Waals surface area (Å²) in [6.07, 6.45) is 3.76. The fourth-order valence-electron chi connectivity index (χ4n) is 3.85. The van der Waals surface area contributed by atoms with Gasteiger partial charge in [-0.3, -0.25) is 19.4 Å². The van der Waals surface area contributed by atoms with Crippen LogP contribution in [0.25, 0.3) is 0 Å². The van der Waals surface area contributed by atoms with Crippen LogP contribution in [-0.4, -0.2) is 65.5 Å². The van der Waals surface area contributed by atoms with Crippen molar-refractivity contribution in [3.05, 3.63) is 35.9 Å². The zero-order chi connectivity index (χ0) is 19.6. The molecule has 0 aromatic heterocycles. The summed E-state index contributed by atoms with van der Waals surface area (Å²) in [6, 6.07) is 10.5. The zero-order valence-corrected chi connectivity index (χ0v) is 17.8. The molecule has 0 aliphatic carbocycles. The highest BCUT2D eigenvalue weighted by Crippen LogP contribution is 2.19. The minimum atomic E-state index is -0.776. The van der Waals surface area contributed by atoms with E-state index < -0.39 is 5.97 Å². The summed E-state index contributed by atoms with van der Waals surface area (Å²) in [5, 5.41) is 12.2. The summed E-state index contributed by atoms with van der Waals surface area (Å²) >= 11 is 0. The van der Waals surface area contributed by atoms with E-state index in [1.54, 1.807) is 0 Å². The van der Waals surface area contributed by atoms with E-state index in [4.69, 9.17) is 5.11 Å². The number of carboxylic acids is 1. The van der Waals surface area contributed by atoms with Gasteiger partial charge in [-0.25, -0.2) is 0 Å². The normalized spacial score (nSPS) is 16.4. The Morgan fingerprint density at radius 3 is 2.39 bits per heavy atom. The van der Waals surface area contributed by atoms with Gasteiger partial charge >= 0.3 is 5.97 Å². The minimum Gasteiger partial charge on any atom is -0.480 e. The Bertz CT molecular complexity index is 592. The summed E-state index contributed by atoms with van der Waals surface area (Å²) in [5.74, 6) is -0.713. The van der Waals surface area contributed by atoms with Crippen molar-refractivity contribution in [3.63, 3.8) is 0 Å². The Hall–Kier alpha value is -1.63. The summed E-state index contributed by atoms with van der Waals surface area (Å²) < 4.78 is 0. The Balaban J connectivity index is 0.00000392. The number of aliphatic carboxylic acids is 1. The molecule has 0 bridgehead atoms. The molecule has 1 saturated heterocycles. The molecule has 1 heterocycles. The molecule has 2 rings (SSSR count). The maximum absolute atomic E-state index is 12.5. The number of likely N-dealkylation sites (tertiary alicyclic amines) is 1. The number of hydrogen-bond acceptors (Lipinski definition) is 4. The SMILES string of the molecule is CCCC(NC(=O)CN1CCC(N(CC)CC(=O)O)CC1)c1ccccc1.Cl. The van der Waals surface area contributed by atoms with Crippen molar-refractivity contribution in [2.45, 2.75) is 51.6 Å². The van der Waals surface area contributed by atoms with Gasteiger partial charge < -0.3 is 10.4 Å². The van der Waals surface area contributed by atoms with Crippen molar-refractivity contribution in [1.82, 2.24) is 15.1 Å². The molecule has 1 aromatic rings. The zero-order valence-electron chi connectivity index (χ0n) is 17.0. The van der Waals surface area contributed by atoms with Crippen LogP contribution in [0, 0.1) is 0 Å². The van der Waals surface area contributed by atoms with Crippen LogP contribution in [0.5, 0.6) is 0 Å². The van der Waals surface area contributed by atoms with Crippen LogP contribution in [0.1, 0.15) is 51.1 Å². The third kappa shape index (κ3) is 7.78. The first kappa shape index (κ1) is 24.4. The van der Waals surface area contributed by atoms with Gasteiger partial charge in [0.2, 0.25) is 5.91 Å². The lowest BCUT2D eigenvalue weighted by molar-refractivity contribution is -0.139. The molecule has 1 amide bonds. The van der Waals surface area contributed by atoms with E-state index >= 15 is 0 Å². The molecule has 6 nitrogen and oxygen atoms in total. The number of carbonyl (C=O) groups is 2. The van der Waals surface area contributed by atoms with Crippen LogP contribution in [0.2, 0.25) is 0 Å². The van der Waals surface area contributed by atoms with Gasteiger partial charge in [-0.15, -0.1) is 12.4 Å². The topological polar surface area (TPSA) is 72.9 Å². The molecule has 28 heavy (non-hydrogen) atoms. The Morgan fingerprint density at radius 2 is 1.86 bits per heavy atom. The Labute approximate surface area is 174 Å². The van der Waals surface area contributed by atoms with Gasteiger partial charge in [-0.1, -0.05) is 50.6 Å². The molecule has 0 saturated carbocycles. The summed E-state index contributed by atoms with van der Waals surface area (Å²) in [7, 11) is 0. The van der Waals surface area contributed by atoms with Crippen LogP contribution < -0.4 is 5.32 Å². The predicted octanol–water partition coefficient (Wildman–Crippen LogP) is 2.94. The monoisotopic (exact) mass is 411 g/mol. The number of nitrogens with zero attached hydrogens (tertiary/aromatic N) is 2. The summed E-state index contributed by atoms with van der Waals surface area (Å²) in [4.78, 5) is 27.7. The second-order valence-corrected chi connectivity index (χ2v) is 7.28. The molecule has 1 unspecified atom stereocenters. The van der Waals surface area contributed by atoms with E-state index in [1.165, 1.54) is 0 Å². The van der Waals surface area contributed by atoms with Crippen molar-refractivity contribution in [2.24, 2.45) is 0 Å². The van der Waals surface area contributed by atoms with Crippen molar-refractivity contribution in [2.75, 3.05) is 32.7 Å². The standard InChI is InChI=1S/C21H33N3O3.ClH/c1-3-8-19(17-9-6-5-7-10-17)22-20(25)15-23-13-11-18(12-14-23)24(4-2)16-21(26)27;/h5-7,9-10,18-19H,3-4,8,11-16H2,1-2H3,(H,22,25)(H,26,27);1H. The van der Waals surface area contributed by atoms with Crippen molar-refractivity contribution in [3.8, 4) is 0 Å². The van der Waals surface area contributed by atoms with Gasteiger partial charge in [-0.2, -0.15) is 0 Å². The highest BCUT2D eigenvalue weighted by Gasteiger charge is 2.26. The fourth-order valence-corrected chi connectivity index (χ4v) is 3.85. The van der Waals surface area contributed by atoms with E-state index in [0.717, 1.165) is 50.9 Å². The van der Waals surface area contributed by atoms with E-state index in [0.29, 0.717) is 12.6 Å². The molecule has 1 aliphatic rings. The van der Waals surface area contributed by atoms with Crippen LogP contribution in [-0.2, 0) is 9.59 Å². The maximum atomic E-state index is 12.5. The highest BCUT2D eigenvalue weighted by molar-refractivity contribution is 5.85. The van der Waals surface area contributed by atoms with Gasteiger partial charge in [0, 0.05) is 19.1 Å². The third-order valence-electron chi connectivity index (χ3n) is 5.30. The lowest BCUT2D eigenvalue weighted by Crippen LogP contribution is -2.48. The van der Waals surface area contributed by atoms with Crippen molar-refractivity contribution < 1.29 is 14.7 Å². The number of benzene rings is 1. The number of amides is 1. The molecule has 1 fully saturated rings. The second kappa shape index (κ2) is 12.8. The van der Waals surface area contributed by atoms with Crippen LogP contribution in [0.15, 0.2) is 30.3 Å². The first-order chi connectivity index (χ1) is 13.0. The molecule has 158 valence electrons. The Morgan fingerprint density at radius 1 is 1.21 bits per heavy atom. The molecule has 7 heteroatoms. The Kier molecular flexibility index (Phi) is 11.1. The number of hydrogen-bond donors (Lipinski definition) is 2. The van der Waals surface area contributed by atoms with Gasteiger partial charge in [-0.05, 0) is 31.4 Å². The summed E-state index contributed by atoms with van der Waals surface area (Å²) in [6.45, 7) is 7.04. The van der Waals surface area contributed by atoms with Gasteiger partial charge in [0.15, 0.2) is 0 Å². The molecular formula is C21H34ClN3O3. The quantitative estimate of drug-likeness (QED) is 0.619. The van der Waals surface area contributed by atoms with E-state index in [9.17, 15) is 9.59 Å². The maximum Gasteiger partial charge on any atom is 0.317 e. The highest BCUT2D eigenvalue weighted by atomic mass is 35.5. The minimum absolute atomic E-state index is 0. The van der Waals surface area contributed by atoms with Gasteiger partial charge in [0.05, 0.1) is 19.1 Å². The summed E-state index contributed by atoms with van der Waals surface area (Å²) in [5.41, 5.74) is 1.15. The number of likely N-dealkylation sites (N-methyl/N-ethyl adjacent to an activating group) is 1. The number of halogens is 1. The number of carbonyl (C=O) groups excluding carboxylic acids is 1. The van der Waals surface area contributed by atoms with Crippen molar-refractivity contribution in [1.29, 1.82) is 0 Å². The molecule has 0 radical (unpaired) electrons. The molecule has 1 aliphatic heterocycles. The third-order valence-corrected chi connectivity index (χ3v) is 5.30. The number of nitrogens with one attached hydrogen (secondary N) is 1. The average molecular weight is 412 g/mol.